The zero-order valence-electron chi connectivity index (χ0n) is 7.90. The number of halogens is 2. The third-order valence-corrected chi connectivity index (χ3v) is 3.02. The van der Waals surface area contributed by atoms with Gasteiger partial charge >= 0.3 is 0 Å². The number of hydrogen-bond donors (Lipinski definition) is 2. The van der Waals surface area contributed by atoms with Gasteiger partial charge < -0.3 is 10.6 Å². The molecule has 2 N–H and O–H groups in total. The summed E-state index contributed by atoms with van der Waals surface area (Å²) in [6, 6.07) is 3.73. The van der Waals surface area contributed by atoms with Gasteiger partial charge in [0, 0.05) is 40.3 Å². The zero-order chi connectivity index (χ0) is 10.1. The molecule has 76 valence electrons. The largest absolute Gasteiger partial charge is 0.384 e. The quantitative estimate of drug-likeness (QED) is 0.817. The van der Waals surface area contributed by atoms with Crippen LogP contribution in [0.25, 0.3) is 0 Å². The summed E-state index contributed by atoms with van der Waals surface area (Å²) in [6.07, 6.45) is 0. The van der Waals surface area contributed by atoms with E-state index < -0.39 is 0 Å². The van der Waals surface area contributed by atoms with Gasteiger partial charge in [-0.25, -0.2) is 0 Å². The molecule has 1 aromatic carbocycles. The highest BCUT2D eigenvalue weighted by molar-refractivity contribution is 6.35. The highest BCUT2D eigenvalue weighted by atomic mass is 35.5. The summed E-state index contributed by atoms with van der Waals surface area (Å²) in [6.45, 7) is 1.86. The Morgan fingerprint density at radius 1 is 1.50 bits per heavy atom. The molecule has 0 spiro atoms. The molecule has 4 heteroatoms. The molecule has 1 aromatic rings. The van der Waals surface area contributed by atoms with Crippen molar-refractivity contribution in [3.05, 3.63) is 27.7 Å². The molecule has 0 aliphatic carbocycles. The summed E-state index contributed by atoms with van der Waals surface area (Å²) < 4.78 is 0. The third-order valence-electron chi connectivity index (χ3n) is 2.49. The van der Waals surface area contributed by atoms with Crippen molar-refractivity contribution in [2.24, 2.45) is 0 Å². The minimum atomic E-state index is 0.444. The lowest BCUT2D eigenvalue weighted by atomic mass is 10.0. The van der Waals surface area contributed by atoms with Gasteiger partial charge in [-0.05, 0) is 19.2 Å². The molecule has 1 aliphatic rings. The molecule has 1 unspecified atom stereocenters. The lowest BCUT2D eigenvalue weighted by Gasteiger charge is -2.10. The second-order valence-corrected chi connectivity index (χ2v) is 4.33. The average molecular weight is 231 g/mol. The Morgan fingerprint density at radius 2 is 2.29 bits per heavy atom. The van der Waals surface area contributed by atoms with Gasteiger partial charge in [0.15, 0.2) is 0 Å². The Bertz CT molecular complexity index is 352. The Morgan fingerprint density at radius 3 is 3.00 bits per heavy atom. The summed E-state index contributed by atoms with van der Waals surface area (Å²) in [5.74, 6) is 0.444. The molecule has 1 heterocycles. The van der Waals surface area contributed by atoms with Crippen LogP contribution in [-0.4, -0.2) is 20.1 Å². The van der Waals surface area contributed by atoms with E-state index in [1.54, 1.807) is 6.07 Å². The number of fused-ring (bicyclic) bond motifs is 1. The van der Waals surface area contributed by atoms with Gasteiger partial charge in [0.1, 0.15) is 0 Å². The van der Waals surface area contributed by atoms with E-state index in [0.29, 0.717) is 10.9 Å². The highest BCUT2D eigenvalue weighted by Crippen LogP contribution is 2.38. The first-order valence-corrected chi connectivity index (χ1v) is 5.35. The van der Waals surface area contributed by atoms with Crippen LogP contribution in [0.3, 0.4) is 0 Å². The van der Waals surface area contributed by atoms with Crippen molar-refractivity contribution in [3.63, 3.8) is 0 Å². The number of hydrogen-bond acceptors (Lipinski definition) is 2. The molecule has 0 bridgehead atoms. The van der Waals surface area contributed by atoms with Crippen molar-refractivity contribution in [1.29, 1.82) is 0 Å². The van der Waals surface area contributed by atoms with Gasteiger partial charge in [0.25, 0.3) is 0 Å². The molecule has 2 nitrogen and oxygen atoms in total. The lowest BCUT2D eigenvalue weighted by Crippen LogP contribution is -2.18. The van der Waals surface area contributed by atoms with Gasteiger partial charge in [-0.15, -0.1) is 0 Å². The highest BCUT2D eigenvalue weighted by Gasteiger charge is 2.24. The topological polar surface area (TPSA) is 24.1 Å². The molecule has 0 amide bonds. The van der Waals surface area contributed by atoms with Crippen LogP contribution in [0.1, 0.15) is 11.5 Å². The third kappa shape index (κ3) is 1.70. The number of nitrogens with one attached hydrogen (secondary N) is 2. The van der Waals surface area contributed by atoms with Crippen LogP contribution in [0.5, 0.6) is 0 Å². The van der Waals surface area contributed by atoms with E-state index in [2.05, 4.69) is 10.6 Å². The second kappa shape index (κ2) is 3.97. The predicted octanol–water partition coefficient (Wildman–Crippen LogP) is 2.72. The van der Waals surface area contributed by atoms with Gasteiger partial charge in [-0.2, -0.15) is 0 Å². The van der Waals surface area contributed by atoms with Crippen LogP contribution in [0, 0.1) is 0 Å². The molecule has 2 rings (SSSR count). The summed E-state index contributed by atoms with van der Waals surface area (Å²) >= 11 is 12.1. The first kappa shape index (κ1) is 10.1. The van der Waals surface area contributed by atoms with Crippen molar-refractivity contribution >= 4 is 28.9 Å². The van der Waals surface area contributed by atoms with Gasteiger partial charge in [-0.1, -0.05) is 23.2 Å². The van der Waals surface area contributed by atoms with Crippen molar-refractivity contribution in [2.45, 2.75) is 5.92 Å². The Hall–Kier alpha value is -0.440. The maximum atomic E-state index is 6.15. The molecule has 1 atom stereocenters. The van der Waals surface area contributed by atoms with E-state index in [1.807, 2.05) is 13.1 Å². The van der Waals surface area contributed by atoms with Crippen LogP contribution in [0.2, 0.25) is 10.0 Å². The Kier molecular flexibility index (Phi) is 2.86. The SMILES string of the molecule is CNCC1CNc2cc(Cl)cc(Cl)c21. The Balaban J connectivity index is 2.39. The molecular weight excluding hydrogens is 219 g/mol. The number of rotatable bonds is 2. The summed E-state index contributed by atoms with van der Waals surface area (Å²) in [7, 11) is 1.95. The van der Waals surface area contributed by atoms with Crippen molar-refractivity contribution < 1.29 is 0 Å². The molecule has 0 aromatic heterocycles. The number of anilines is 1. The van der Waals surface area contributed by atoms with Crippen molar-refractivity contribution in [1.82, 2.24) is 5.32 Å². The maximum absolute atomic E-state index is 6.15. The fraction of sp³-hybridized carbons (Fsp3) is 0.400. The minimum Gasteiger partial charge on any atom is -0.384 e. The van der Waals surface area contributed by atoms with Crippen molar-refractivity contribution in [2.75, 3.05) is 25.5 Å². The van der Waals surface area contributed by atoms with E-state index in [4.69, 9.17) is 23.2 Å². The minimum absolute atomic E-state index is 0.444. The van der Waals surface area contributed by atoms with Gasteiger partial charge in [0.05, 0.1) is 0 Å². The fourth-order valence-electron chi connectivity index (χ4n) is 1.90. The van der Waals surface area contributed by atoms with E-state index in [1.165, 1.54) is 5.56 Å². The lowest BCUT2D eigenvalue weighted by molar-refractivity contribution is 0.674. The predicted molar refractivity (Wildman–Crippen MR) is 61.6 cm³/mol. The molecule has 14 heavy (non-hydrogen) atoms. The smallest absolute Gasteiger partial charge is 0.0477 e. The number of likely N-dealkylation sites (N-methyl/N-ethyl adjacent to an activating group) is 1. The average Bonchev–Trinajstić information content (AvgIpc) is 2.49. The molecule has 0 saturated heterocycles. The molecule has 1 aliphatic heterocycles. The van der Waals surface area contributed by atoms with Crippen LogP contribution < -0.4 is 10.6 Å². The van der Waals surface area contributed by atoms with Crippen LogP contribution in [-0.2, 0) is 0 Å². The normalized spacial score (nSPS) is 19.2. The van der Waals surface area contributed by atoms with Crippen LogP contribution in [0.15, 0.2) is 12.1 Å². The van der Waals surface area contributed by atoms with E-state index in [9.17, 15) is 0 Å². The maximum Gasteiger partial charge on any atom is 0.0477 e. The van der Waals surface area contributed by atoms with Crippen LogP contribution >= 0.6 is 23.2 Å². The first-order valence-electron chi connectivity index (χ1n) is 4.59. The second-order valence-electron chi connectivity index (χ2n) is 3.48. The molecule has 0 radical (unpaired) electrons. The van der Waals surface area contributed by atoms with E-state index in [0.717, 1.165) is 23.8 Å². The Labute approximate surface area is 93.6 Å². The fourth-order valence-corrected chi connectivity index (χ4v) is 2.55. The monoisotopic (exact) mass is 230 g/mol. The molecular formula is C10H12Cl2N2. The zero-order valence-corrected chi connectivity index (χ0v) is 9.41. The summed E-state index contributed by atoms with van der Waals surface area (Å²) in [5, 5.41) is 7.92. The van der Waals surface area contributed by atoms with Gasteiger partial charge in [-0.3, -0.25) is 0 Å². The molecule has 0 fully saturated rings. The summed E-state index contributed by atoms with van der Waals surface area (Å²) in [4.78, 5) is 0. The number of benzene rings is 1. The van der Waals surface area contributed by atoms with E-state index in [-0.39, 0.29) is 0 Å². The standard InChI is InChI=1S/C10H12Cl2N2/c1-13-4-6-5-14-9-3-7(11)2-8(12)10(6)9/h2-3,6,13-14H,4-5H2,1H3. The van der Waals surface area contributed by atoms with Crippen molar-refractivity contribution in [3.8, 4) is 0 Å². The first-order chi connectivity index (χ1) is 6.72. The van der Waals surface area contributed by atoms with Gasteiger partial charge in [0.2, 0.25) is 0 Å². The molecule has 0 saturated carbocycles. The van der Waals surface area contributed by atoms with E-state index >= 15 is 0 Å². The van der Waals surface area contributed by atoms with Crippen LogP contribution in [0.4, 0.5) is 5.69 Å². The summed E-state index contributed by atoms with van der Waals surface area (Å²) in [5.41, 5.74) is 2.26.